The number of nitrogens with two attached hydrogens (primary N) is 1. The normalized spacial score (nSPS) is 26.2. The number of carbonyl (C=O) groups is 1. The third-order valence-corrected chi connectivity index (χ3v) is 4.67. The van der Waals surface area contributed by atoms with Crippen LogP contribution in [0.1, 0.15) is 37.8 Å². The molecule has 0 radical (unpaired) electrons. The molecule has 1 aromatic heterocycles. The number of fused-ring (bicyclic) bond motifs is 2. The highest BCUT2D eigenvalue weighted by molar-refractivity contribution is 5.90. The van der Waals surface area contributed by atoms with Crippen LogP contribution < -0.4 is 11.1 Å². The lowest BCUT2D eigenvalue weighted by Crippen LogP contribution is -2.20. The zero-order valence-corrected chi connectivity index (χ0v) is 12.1. The molecule has 1 aromatic rings. The summed E-state index contributed by atoms with van der Waals surface area (Å²) in [6.07, 6.45) is 5.87. The van der Waals surface area contributed by atoms with Gasteiger partial charge in [-0.05, 0) is 55.1 Å². The highest BCUT2D eigenvalue weighted by Crippen LogP contribution is 2.49. The molecule has 0 aliphatic heterocycles. The Labute approximate surface area is 125 Å². The molecule has 2 fully saturated rings. The number of hydrogen-bond donors (Lipinski definition) is 2. The van der Waals surface area contributed by atoms with Gasteiger partial charge in [0.25, 0.3) is 0 Å². The van der Waals surface area contributed by atoms with E-state index in [1.165, 1.54) is 25.7 Å². The second-order valence-electron chi connectivity index (χ2n) is 6.10. The van der Waals surface area contributed by atoms with Crippen LogP contribution in [0, 0.1) is 29.6 Å². The van der Waals surface area contributed by atoms with Crippen LogP contribution in [-0.2, 0) is 4.79 Å². The van der Waals surface area contributed by atoms with E-state index in [9.17, 15) is 4.79 Å². The Morgan fingerprint density at radius 1 is 1.38 bits per heavy atom. The second-order valence-corrected chi connectivity index (χ2v) is 6.10. The molecule has 2 aliphatic rings. The molecule has 2 saturated carbocycles. The topological polar surface area (TPSA) is 68.0 Å². The van der Waals surface area contributed by atoms with Crippen LogP contribution in [0.3, 0.4) is 0 Å². The van der Waals surface area contributed by atoms with E-state index in [2.05, 4.69) is 22.1 Å². The standard InChI is InChI=1S/C17H21N3O/c18-8-2-4-15-3-1-5-16(19-15)20-17(21)11-14-10-12-6-7-13(14)9-12/h1,3,5,12-14H,6-11,18H2,(H,19,20,21). The number of nitrogens with one attached hydrogen (secondary N) is 1. The summed E-state index contributed by atoms with van der Waals surface area (Å²) in [4.78, 5) is 16.5. The fraction of sp³-hybridized carbons (Fsp3) is 0.529. The van der Waals surface area contributed by atoms with Crippen molar-refractivity contribution in [2.75, 3.05) is 11.9 Å². The van der Waals surface area contributed by atoms with Gasteiger partial charge in [-0.2, -0.15) is 0 Å². The van der Waals surface area contributed by atoms with E-state index in [1.54, 1.807) is 6.07 Å². The van der Waals surface area contributed by atoms with E-state index in [0.29, 0.717) is 30.4 Å². The first kappa shape index (κ1) is 14.1. The number of hydrogen-bond acceptors (Lipinski definition) is 3. The summed E-state index contributed by atoms with van der Waals surface area (Å²) in [6.45, 7) is 0.308. The number of amides is 1. The van der Waals surface area contributed by atoms with Gasteiger partial charge < -0.3 is 11.1 Å². The minimum atomic E-state index is 0.0731. The van der Waals surface area contributed by atoms with Gasteiger partial charge in [-0.1, -0.05) is 18.4 Å². The minimum absolute atomic E-state index is 0.0731. The summed E-state index contributed by atoms with van der Waals surface area (Å²) in [5, 5.41) is 2.90. The number of carbonyl (C=O) groups excluding carboxylic acids is 1. The summed E-state index contributed by atoms with van der Waals surface area (Å²) >= 11 is 0. The van der Waals surface area contributed by atoms with Gasteiger partial charge >= 0.3 is 0 Å². The monoisotopic (exact) mass is 283 g/mol. The van der Waals surface area contributed by atoms with Gasteiger partial charge in [-0.15, -0.1) is 0 Å². The minimum Gasteiger partial charge on any atom is -0.320 e. The van der Waals surface area contributed by atoms with Crippen molar-refractivity contribution in [3.05, 3.63) is 23.9 Å². The number of nitrogens with zero attached hydrogens (tertiary/aromatic N) is 1. The smallest absolute Gasteiger partial charge is 0.225 e. The maximum atomic E-state index is 12.2. The van der Waals surface area contributed by atoms with E-state index >= 15 is 0 Å². The molecule has 0 saturated heterocycles. The Morgan fingerprint density at radius 2 is 2.29 bits per heavy atom. The van der Waals surface area contributed by atoms with Gasteiger partial charge in [0, 0.05) is 6.42 Å². The van der Waals surface area contributed by atoms with E-state index < -0.39 is 0 Å². The molecule has 110 valence electrons. The fourth-order valence-corrected chi connectivity index (χ4v) is 3.77. The van der Waals surface area contributed by atoms with Crippen molar-refractivity contribution in [2.24, 2.45) is 23.5 Å². The SMILES string of the molecule is NCC#Cc1cccc(NC(=O)CC2CC3CCC2C3)n1. The molecule has 1 heterocycles. The van der Waals surface area contributed by atoms with E-state index in [-0.39, 0.29) is 5.91 Å². The molecule has 0 aromatic carbocycles. The van der Waals surface area contributed by atoms with Crippen molar-refractivity contribution in [2.45, 2.75) is 32.1 Å². The van der Waals surface area contributed by atoms with Gasteiger partial charge in [-0.3, -0.25) is 4.79 Å². The Morgan fingerprint density at radius 3 is 3.00 bits per heavy atom. The number of rotatable bonds is 3. The predicted octanol–water partition coefficient (Wildman–Crippen LogP) is 2.16. The maximum absolute atomic E-state index is 12.2. The van der Waals surface area contributed by atoms with Crippen molar-refractivity contribution in [3.63, 3.8) is 0 Å². The maximum Gasteiger partial charge on any atom is 0.225 e. The molecule has 4 nitrogen and oxygen atoms in total. The molecule has 1 amide bonds. The molecule has 21 heavy (non-hydrogen) atoms. The third kappa shape index (κ3) is 3.43. The van der Waals surface area contributed by atoms with Crippen LogP contribution in [-0.4, -0.2) is 17.4 Å². The lowest BCUT2D eigenvalue weighted by molar-refractivity contribution is -0.117. The zero-order valence-electron chi connectivity index (χ0n) is 12.1. The van der Waals surface area contributed by atoms with Crippen LogP contribution in [0.15, 0.2) is 18.2 Å². The van der Waals surface area contributed by atoms with Crippen LogP contribution in [0.4, 0.5) is 5.82 Å². The van der Waals surface area contributed by atoms with E-state index in [0.717, 1.165) is 11.8 Å². The van der Waals surface area contributed by atoms with Crippen LogP contribution in [0.2, 0.25) is 0 Å². The first-order valence-electron chi connectivity index (χ1n) is 7.70. The van der Waals surface area contributed by atoms with E-state index in [1.807, 2.05) is 12.1 Å². The number of anilines is 1. The van der Waals surface area contributed by atoms with Crippen LogP contribution in [0.25, 0.3) is 0 Å². The summed E-state index contributed by atoms with van der Waals surface area (Å²) in [5.74, 6) is 8.51. The molecular weight excluding hydrogens is 262 g/mol. The van der Waals surface area contributed by atoms with Crippen molar-refractivity contribution < 1.29 is 4.79 Å². The van der Waals surface area contributed by atoms with Crippen molar-refractivity contribution in [1.29, 1.82) is 0 Å². The van der Waals surface area contributed by atoms with Gasteiger partial charge in [-0.25, -0.2) is 4.98 Å². The van der Waals surface area contributed by atoms with Crippen molar-refractivity contribution >= 4 is 11.7 Å². The molecular formula is C17H21N3O. The highest BCUT2D eigenvalue weighted by Gasteiger charge is 2.40. The van der Waals surface area contributed by atoms with E-state index in [4.69, 9.17) is 5.73 Å². The fourth-order valence-electron chi connectivity index (χ4n) is 3.77. The van der Waals surface area contributed by atoms with Crippen LogP contribution >= 0.6 is 0 Å². The number of pyridine rings is 1. The summed E-state index contributed by atoms with van der Waals surface area (Å²) in [5.41, 5.74) is 5.98. The van der Waals surface area contributed by atoms with Crippen LogP contribution in [0.5, 0.6) is 0 Å². The summed E-state index contributed by atoms with van der Waals surface area (Å²) in [6, 6.07) is 5.46. The van der Waals surface area contributed by atoms with Gasteiger partial charge in [0.15, 0.2) is 0 Å². The van der Waals surface area contributed by atoms with Crippen molar-refractivity contribution in [1.82, 2.24) is 4.98 Å². The average molecular weight is 283 g/mol. The Hall–Kier alpha value is -1.86. The molecule has 2 aliphatic carbocycles. The molecule has 2 bridgehead atoms. The largest absolute Gasteiger partial charge is 0.320 e. The molecule has 3 unspecified atom stereocenters. The van der Waals surface area contributed by atoms with Gasteiger partial charge in [0.05, 0.1) is 6.54 Å². The first-order chi connectivity index (χ1) is 10.2. The zero-order chi connectivity index (χ0) is 14.7. The second kappa shape index (κ2) is 6.28. The summed E-state index contributed by atoms with van der Waals surface area (Å²) in [7, 11) is 0. The molecule has 3 atom stereocenters. The third-order valence-electron chi connectivity index (χ3n) is 4.67. The molecule has 0 spiro atoms. The lowest BCUT2D eigenvalue weighted by Gasteiger charge is -2.20. The summed E-state index contributed by atoms with van der Waals surface area (Å²) < 4.78 is 0. The van der Waals surface area contributed by atoms with Crippen molar-refractivity contribution in [3.8, 4) is 11.8 Å². The lowest BCUT2D eigenvalue weighted by atomic mass is 9.86. The Bertz CT molecular complexity index is 587. The molecule has 4 heteroatoms. The van der Waals surface area contributed by atoms with Gasteiger partial charge in [0.1, 0.15) is 11.5 Å². The molecule has 3 rings (SSSR count). The Balaban J connectivity index is 1.57. The Kier molecular flexibility index (Phi) is 4.21. The quantitative estimate of drug-likeness (QED) is 0.835. The number of aromatic nitrogens is 1. The molecule has 3 N–H and O–H groups in total. The van der Waals surface area contributed by atoms with Gasteiger partial charge in [0.2, 0.25) is 5.91 Å². The first-order valence-corrected chi connectivity index (χ1v) is 7.70. The average Bonchev–Trinajstić information content (AvgIpc) is 3.08. The predicted molar refractivity (Wildman–Crippen MR) is 82.4 cm³/mol. The highest BCUT2D eigenvalue weighted by atomic mass is 16.1.